The van der Waals surface area contributed by atoms with Gasteiger partial charge in [0.25, 0.3) is 5.91 Å². The molecule has 2 rings (SSSR count). The highest BCUT2D eigenvalue weighted by atomic mass is 16.5. The fourth-order valence-electron chi connectivity index (χ4n) is 7.39. The average molecular weight is 809 g/mol. The predicted octanol–water partition coefficient (Wildman–Crippen LogP) is 3.17. The molecular weight excluding hydrogens is 741 g/mol. The van der Waals surface area contributed by atoms with Crippen LogP contribution in [0.2, 0.25) is 0 Å². The van der Waals surface area contributed by atoms with Crippen LogP contribution in [0, 0.1) is 41.9 Å². The van der Waals surface area contributed by atoms with Crippen LogP contribution in [-0.4, -0.2) is 120 Å². The number of nitrogens with zero attached hydrogens (tertiary/aromatic N) is 3. The maximum atomic E-state index is 14.6. The molecule has 1 aliphatic rings. The van der Waals surface area contributed by atoms with Crippen molar-refractivity contribution in [2.75, 3.05) is 21.1 Å². The Morgan fingerprint density at radius 3 is 1.71 bits per heavy atom. The van der Waals surface area contributed by atoms with Crippen molar-refractivity contribution in [1.29, 1.82) is 0 Å². The van der Waals surface area contributed by atoms with E-state index in [1.165, 1.54) is 42.8 Å². The smallest absolute Gasteiger partial charge is 0.311 e. The number of hydrogen-bond donors (Lipinski definition) is 3. The van der Waals surface area contributed by atoms with Gasteiger partial charge in [-0.05, 0) is 55.9 Å². The van der Waals surface area contributed by atoms with Crippen LogP contribution in [-0.2, 0) is 44.7 Å². The van der Waals surface area contributed by atoms with Gasteiger partial charge in [-0.15, -0.1) is 12.3 Å². The molecule has 14 heteroatoms. The van der Waals surface area contributed by atoms with Crippen molar-refractivity contribution in [1.82, 2.24) is 30.7 Å². The molecule has 0 radical (unpaired) electrons. The molecule has 1 fully saturated rings. The summed E-state index contributed by atoms with van der Waals surface area (Å²) < 4.78 is 5.68. The molecule has 0 spiro atoms. The van der Waals surface area contributed by atoms with Crippen LogP contribution >= 0.6 is 0 Å². The molecule has 1 heterocycles. The lowest BCUT2D eigenvalue weighted by Crippen LogP contribution is -2.62. The Bertz CT molecular complexity index is 1640. The van der Waals surface area contributed by atoms with Crippen molar-refractivity contribution in [2.45, 2.75) is 137 Å². The quantitative estimate of drug-likeness (QED) is 0.194. The monoisotopic (exact) mass is 809 g/mol. The lowest BCUT2D eigenvalue weighted by atomic mass is 9.94. The van der Waals surface area contributed by atoms with Gasteiger partial charge in [0.1, 0.15) is 30.2 Å². The van der Waals surface area contributed by atoms with E-state index in [-0.39, 0.29) is 6.42 Å². The summed E-state index contributed by atoms with van der Waals surface area (Å²) in [4.78, 5) is 103. The van der Waals surface area contributed by atoms with Crippen LogP contribution < -0.4 is 16.0 Å². The van der Waals surface area contributed by atoms with Crippen LogP contribution in [0.5, 0.6) is 0 Å². The van der Waals surface area contributed by atoms with Crippen molar-refractivity contribution in [2.24, 2.45) is 29.6 Å². The zero-order chi connectivity index (χ0) is 44.2. The van der Waals surface area contributed by atoms with Crippen molar-refractivity contribution in [3.05, 3.63) is 35.9 Å². The number of likely N-dealkylation sites (N-methyl/N-ethyl adjacent to an activating group) is 3. The number of hydrogen-bond acceptors (Lipinski definition) is 8. The Kier molecular flexibility index (Phi) is 18.9. The average Bonchev–Trinajstić information content (AvgIpc) is 3.15. The highest BCUT2D eigenvalue weighted by Crippen LogP contribution is 2.22. The number of amides is 6. The fraction of sp³-hybridized carbons (Fsp3) is 0.659. The van der Waals surface area contributed by atoms with Gasteiger partial charge >= 0.3 is 5.97 Å². The summed E-state index contributed by atoms with van der Waals surface area (Å²) in [6, 6.07) is 3.01. The third kappa shape index (κ3) is 12.8. The molecule has 3 N–H and O–H groups in total. The van der Waals surface area contributed by atoms with E-state index in [4.69, 9.17) is 11.2 Å². The van der Waals surface area contributed by atoms with Crippen LogP contribution in [0.1, 0.15) is 94.1 Å². The number of nitrogens with one attached hydrogen (secondary N) is 3. The third-order valence-electron chi connectivity index (χ3n) is 11.0. The third-order valence-corrected chi connectivity index (χ3v) is 11.0. The summed E-state index contributed by atoms with van der Waals surface area (Å²) in [5.41, 5.74) is 0.765. The first-order valence-corrected chi connectivity index (χ1v) is 20.5. The lowest BCUT2D eigenvalue weighted by Gasteiger charge is -2.39. The predicted molar refractivity (Wildman–Crippen MR) is 222 cm³/mol. The minimum atomic E-state index is -1.30. The number of cyclic esters (lactones) is 1. The van der Waals surface area contributed by atoms with Crippen LogP contribution in [0.3, 0.4) is 0 Å². The number of esters is 1. The Balaban J connectivity index is 2.81. The zero-order valence-electron chi connectivity index (χ0n) is 36.8. The van der Waals surface area contributed by atoms with Crippen molar-refractivity contribution >= 4 is 41.4 Å². The Labute approximate surface area is 345 Å². The molecule has 0 unspecified atom stereocenters. The second kappa shape index (κ2) is 22.3. The van der Waals surface area contributed by atoms with Gasteiger partial charge in [-0.1, -0.05) is 85.7 Å². The molecule has 0 bridgehead atoms. The van der Waals surface area contributed by atoms with E-state index in [2.05, 4.69) is 21.9 Å². The number of benzene rings is 1. The molecule has 322 valence electrons. The molecule has 0 aliphatic carbocycles. The first-order valence-electron chi connectivity index (χ1n) is 20.5. The zero-order valence-corrected chi connectivity index (χ0v) is 36.8. The summed E-state index contributed by atoms with van der Waals surface area (Å²) in [6.07, 6.45) is 5.47. The number of unbranched alkanes of at least 4 members (excludes halogenated alkanes) is 1. The van der Waals surface area contributed by atoms with E-state index in [0.717, 1.165) is 5.56 Å². The van der Waals surface area contributed by atoms with Crippen LogP contribution in [0.25, 0.3) is 0 Å². The van der Waals surface area contributed by atoms with Gasteiger partial charge in [-0.3, -0.25) is 33.6 Å². The van der Waals surface area contributed by atoms with Crippen molar-refractivity contribution in [3.8, 4) is 12.3 Å². The minimum absolute atomic E-state index is 0.104. The van der Waals surface area contributed by atoms with Crippen molar-refractivity contribution < 1.29 is 38.3 Å². The molecule has 1 aliphatic heterocycles. The van der Waals surface area contributed by atoms with E-state index in [1.54, 1.807) is 62.3 Å². The van der Waals surface area contributed by atoms with E-state index in [0.29, 0.717) is 19.3 Å². The Morgan fingerprint density at radius 1 is 0.655 bits per heavy atom. The topological polar surface area (TPSA) is 175 Å². The summed E-state index contributed by atoms with van der Waals surface area (Å²) in [5, 5.41) is 8.69. The van der Waals surface area contributed by atoms with Gasteiger partial charge < -0.3 is 35.4 Å². The van der Waals surface area contributed by atoms with Gasteiger partial charge in [-0.2, -0.15) is 0 Å². The Morgan fingerprint density at radius 2 is 1.19 bits per heavy atom. The van der Waals surface area contributed by atoms with Gasteiger partial charge in [0, 0.05) is 40.0 Å². The molecular formula is C44H68N6O8. The fourth-order valence-corrected chi connectivity index (χ4v) is 7.39. The first-order chi connectivity index (χ1) is 27.1. The SMILES string of the molecule is C#CCCC[C@@H]1NC(=O)[C@H](C(C)C)NC(=O)[C@@H](Cc2ccccc2)N(C)C(=O)[C@@H](C(C)C)N(C)C(=O)[C@H](C(C)C)NC(=O)[C@H](C(C)C)N(C)C(=O)[C@H](C)OC(=O)[C@H]1C. The number of terminal acetylenes is 1. The lowest BCUT2D eigenvalue weighted by molar-refractivity contribution is -0.164. The maximum absolute atomic E-state index is 14.6. The van der Waals surface area contributed by atoms with Gasteiger partial charge in [0.2, 0.25) is 29.5 Å². The molecule has 58 heavy (non-hydrogen) atoms. The second-order valence-electron chi connectivity index (χ2n) is 17.0. The van der Waals surface area contributed by atoms with E-state index in [9.17, 15) is 33.6 Å². The molecule has 0 aromatic heterocycles. The normalized spacial score (nSPS) is 26.9. The highest BCUT2D eigenvalue weighted by molar-refractivity contribution is 5.97. The maximum Gasteiger partial charge on any atom is 0.311 e. The molecule has 1 saturated heterocycles. The standard InChI is InChI=1S/C44H68N6O8/c1-15-16-18-23-32-29(10)44(57)58-30(11)41(54)49(13)36(27(6)7)40(53)47-35(26(4)5)42(55)50(14)37(28(8)9)43(56)48(12)33(24-31-21-19-17-20-22-31)38(51)46-34(25(2)3)39(52)45-32/h1,17,19-22,25-30,32-37H,16,18,23-24H2,2-14H3,(H,45,52)(H,46,51)(H,47,53)/t29-,30-,32-,33+,34-,35-,36-,37+/m0/s1. The van der Waals surface area contributed by atoms with Gasteiger partial charge in [-0.25, -0.2) is 0 Å². The molecule has 14 nitrogen and oxygen atoms in total. The number of carbonyl (C=O) groups is 7. The largest absolute Gasteiger partial charge is 0.452 e. The van der Waals surface area contributed by atoms with E-state index < -0.39 is 113 Å². The van der Waals surface area contributed by atoms with E-state index in [1.807, 2.05) is 30.3 Å². The van der Waals surface area contributed by atoms with Crippen LogP contribution in [0.15, 0.2) is 30.3 Å². The van der Waals surface area contributed by atoms with Crippen LogP contribution in [0.4, 0.5) is 0 Å². The number of ether oxygens (including phenoxy) is 1. The molecule has 0 saturated carbocycles. The molecule has 8 atom stereocenters. The molecule has 6 amide bonds. The minimum Gasteiger partial charge on any atom is -0.452 e. The van der Waals surface area contributed by atoms with E-state index >= 15 is 0 Å². The van der Waals surface area contributed by atoms with Crippen molar-refractivity contribution in [3.63, 3.8) is 0 Å². The summed E-state index contributed by atoms with van der Waals surface area (Å²) in [6.45, 7) is 17.2. The molecule has 1 aromatic rings. The molecule has 1 aromatic carbocycles. The number of carbonyl (C=O) groups excluding carboxylic acids is 7. The summed E-state index contributed by atoms with van der Waals surface area (Å²) >= 11 is 0. The number of rotatable bonds is 9. The van der Waals surface area contributed by atoms with Gasteiger partial charge in [0.15, 0.2) is 6.10 Å². The van der Waals surface area contributed by atoms with Gasteiger partial charge in [0.05, 0.1) is 5.92 Å². The highest BCUT2D eigenvalue weighted by Gasteiger charge is 2.42. The first kappa shape index (κ1) is 49.2. The second-order valence-corrected chi connectivity index (χ2v) is 17.0. The summed E-state index contributed by atoms with van der Waals surface area (Å²) in [5.74, 6) is -4.23. The Hall–Kier alpha value is -4.93. The summed E-state index contributed by atoms with van der Waals surface area (Å²) in [7, 11) is 4.44.